The average molecular weight is 296 g/mol. The van der Waals surface area contributed by atoms with Gasteiger partial charge in [-0.25, -0.2) is 22.3 Å². The van der Waals surface area contributed by atoms with E-state index >= 15 is 0 Å². The maximum atomic E-state index is 11.3. The lowest BCUT2D eigenvalue weighted by Gasteiger charge is -2.27. The molecule has 2 rings (SSSR count). The summed E-state index contributed by atoms with van der Waals surface area (Å²) in [4.78, 5) is 11.0. The third-order valence-corrected chi connectivity index (χ3v) is 6.80. The van der Waals surface area contributed by atoms with Gasteiger partial charge in [-0.15, -0.1) is 0 Å². The van der Waals surface area contributed by atoms with Gasteiger partial charge < -0.3 is 0 Å². The fourth-order valence-corrected chi connectivity index (χ4v) is 5.70. The first-order chi connectivity index (χ1) is 8.31. The van der Waals surface area contributed by atoms with E-state index in [2.05, 4.69) is 5.43 Å². The Morgan fingerprint density at radius 2 is 1.61 bits per heavy atom. The quantitative estimate of drug-likeness (QED) is 0.491. The Morgan fingerprint density at radius 3 is 2.06 bits per heavy atom. The van der Waals surface area contributed by atoms with E-state index in [0.29, 0.717) is 19.3 Å². The normalized spacial score (nSPS) is 33.3. The van der Waals surface area contributed by atoms with Crippen molar-refractivity contribution in [1.82, 2.24) is 10.4 Å². The van der Waals surface area contributed by atoms with Crippen LogP contribution in [0.5, 0.6) is 0 Å². The predicted molar refractivity (Wildman–Crippen MR) is 65.2 cm³/mol. The lowest BCUT2D eigenvalue weighted by molar-refractivity contribution is -0.123. The summed E-state index contributed by atoms with van der Waals surface area (Å²) in [7, 11) is -6.08. The van der Waals surface area contributed by atoms with Crippen LogP contribution in [-0.4, -0.2) is 63.3 Å². The van der Waals surface area contributed by atoms with Crippen LogP contribution in [0.15, 0.2) is 0 Å². The first-order valence-corrected chi connectivity index (χ1v) is 9.36. The highest BCUT2D eigenvalue weighted by Gasteiger charge is 2.35. The molecule has 2 aliphatic heterocycles. The van der Waals surface area contributed by atoms with Gasteiger partial charge in [0.15, 0.2) is 19.7 Å². The Morgan fingerprint density at radius 1 is 1.00 bits per heavy atom. The molecule has 0 saturated carbocycles. The van der Waals surface area contributed by atoms with Crippen LogP contribution in [0.3, 0.4) is 0 Å². The maximum absolute atomic E-state index is 11.3. The van der Waals surface area contributed by atoms with Gasteiger partial charge in [-0.1, -0.05) is 0 Å². The third kappa shape index (κ3) is 3.21. The topological polar surface area (TPSA) is 101 Å². The highest BCUT2D eigenvalue weighted by atomic mass is 32.2. The standard InChI is InChI=1S/C9H16N2O5S2/c12-7-11(9-2-4-18(15,16)6-9)10-8-1-3-17(13,14)5-8/h7-10H,1-6H2/t8-,9+/m1/s1. The zero-order valence-electron chi connectivity index (χ0n) is 9.78. The Kier molecular flexibility index (Phi) is 3.65. The molecule has 0 aromatic heterocycles. The Bertz CT molecular complexity index is 527. The molecular weight excluding hydrogens is 280 g/mol. The molecule has 0 aliphatic carbocycles. The third-order valence-electron chi connectivity index (χ3n) is 3.28. The van der Waals surface area contributed by atoms with Crippen LogP contribution < -0.4 is 5.43 Å². The molecule has 0 radical (unpaired) electrons. The van der Waals surface area contributed by atoms with Crippen molar-refractivity contribution in [2.24, 2.45) is 0 Å². The molecule has 7 nitrogen and oxygen atoms in total. The summed E-state index contributed by atoms with van der Waals surface area (Å²) in [5, 5.41) is 1.22. The van der Waals surface area contributed by atoms with Crippen LogP contribution >= 0.6 is 0 Å². The van der Waals surface area contributed by atoms with Gasteiger partial charge in [0.25, 0.3) is 0 Å². The molecule has 9 heteroatoms. The number of nitrogens with zero attached hydrogens (tertiary/aromatic N) is 1. The number of rotatable bonds is 4. The zero-order chi connectivity index (χ0) is 13.4. The fraction of sp³-hybridized carbons (Fsp3) is 0.889. The van der Waals surface area contributed by atoms with E-state index in [4.69, 9.17) is 0 Å². The van der Waals surface area contributed by atoms with Crippen molar-refractivity contribution in [3.8, 4) is 0 Å². The number of hydrogen-bond acceptors (Lipinski definition) is 6. The lowest BCUT2D eigenvalue weighted by Crippen LogP contribution is -2.50. The van der Waals surface area contributed by atoms with Gasteiger partial charge in [0, 0.05) is 6.04 Å². The molecule has 2 fully saturated rings. The molecule has 2 heterocycles. The van der Waals surface area contributed by atoms with Gasteiger partial charge in [0.2, 0.25) is 6.41 Å². The van der Waals surface area contributed by atoms with Crippen molar-refractivity contribution in [2.75, 3.05) is 23.0 Å². The molecule has 2 saturated heterocycles. The number of sulfone groups is 2. The van der Waals surface area contributed by atoms with Crippen molar-refractivity contribution in [3.63, 3.8) is 0 Å². The fourth-order valence-electron chi connectivity index (χ4n) is 2.32. The van der Waals surface area contributed by atoms with Crippen LogP contribution in [0.1, 0.15) is 12.8 Å². The van der Waals surface area contributed by atoms with E-state index < -0.39 is 25.7 Å². The minimum absolute atomic E-state index is 0.00316. The Hall–Kier alpha value is -0.670. The van der Waals surface area contributed by atoms with E-state index in [1.807, 2.05) is 0 Å². The molecule has 2 atom stereocenters. The molecule has 0 spiro atoms. The van der Waals surface area contributed by atoms with E-state index in [9.17, 15) is 21.6 Å². The van der Waals surface area contributed by atoms with Crippen molar-refractivity contribution in [1.29, 1.82) is 0 Å². The SMILES string of the molecule is O=CN(N[C@@H]1CCS(=O)(=O)C1)[C@H]1CCS(=O)(=O)C1. The van der Waals surface area contributed by atoms with Gasteiger partial charge in [-0.3, -0.25) is 9.80 Å². The zero-order valence-corrected chi connectivity index (χ0v) is 11.4. The lowest BCUT2D eigenvalue weighted by atomic mass is 10.2. The minimum Gasteiger partial charge on any atom is -0.277 e. The number of nitrogens with one attached hydrogen (secondary N) is 1. The van der Waals surface area contributed by atoms with Crippen molar-refractivity contribution in [3.05, 3.63) is 0 Å². The van der Waals surface area contributed by atoms with Crippen LogP contribution in [-0.2, 0) is 24.5 Å². The largest absolute Gasteiger partial charge is 0.277 e. The number of carbonyl (C=O) groups is 1. The molecule has 1 N–H and O–H groups in total. The van der Waals surface area contributed by atoms with E-state index in [0.717, 1.165) is 0 Å². The summed E-state index contributed by atoms with van der Waals surface area (Å²) in [6, 6.07) is -0.695. The Balaban J connectivity index is 1.97. The van der Waals surface area contributed by atoms with Gasteiger partial charge in [0.1, 0.15) is 0 Å². The molecular formula is C9H16N2O5S2. The molecule has 104 valence electrons. The number of amides is 1. The monoisotopic (exact) mass is 296 g/mol. The Labute approximate surface area is 106 Å². The van der Waals surface area contributed by atoms with Crippen molar-refractivity contribution >= 4 is 26.1 Å². The molecule has 18 heavy (non-hydrogen) atoms. The van der Waals surface area contributed by atoms with E-state index in [-0.39, 0.29) is 29.1 Å². The summed E-state index contributed by atoms with van der Waals surface area (Å²) in [6.45, 7) is 0. The molecule has 0 bridgehead atoms. The summed E-state index contributed by atoms with van der Waals surface area (Å²) in [5.41, 5.74) is 2.82. The number of hydrogen-bond donors (Lipinski definition) is 1. The number of carbonyl (C=O) groups excluding carboxylic acids is 1. The minimum atomic E-state index is -3.07. The summed E-state index contributed by atoms with van der Waals surface area (Å²) in [5.74, 6) is 0.127. The molecule has 1 amide bonds. The van der Waals surface area contributed by atoms with Crippen molar-refractivity contribution < 1.29 is 21.6 Å². The molecule has 0 aromatic rings. The molecule has 2 aliphatic rings. The first-order valence-electron chi connectivity index (χ1n) is 5.72. The van der Waals surface area contributed by atoms with Gasteiger partial charge >= 0.3 is 0 Å². The highest BCUT2D eigenvalue weighted by Crippen LogP contribution is 2.17. The smallest absolute Gasteiger partial charge is 0.224 e. The number of hydrazine groups is 1. The van der Waals surface area contributed by atoms with Crippen LogP contribution in [0, 0.1) is 0 Å². The van der Waals surface area contributed by atoms with Crippen molar-refractivity contribution in [2.45, 2.75) is 24.9 Å². The highest BCUT2D eigenvalue weighted by molar-refractivity contribution is 7.91. The van der Waals surface area contributed by atoms with Gasteiger partial charge in [-0.05, 0) is 12.8 Å². The predicted octanol–water partition coefficient (Wildman–Crippen LogP) is -1.68. The first kappa shape index (κ1) is 13.8. The summed E-state index contributed by atoms with van der Waals surface area (Å²) >= 11 is 0. The second-order valence-electron chi connectivity index (χ2n) is 4.80. The van der Waals surface area contributed by atoms with Crippen LogP contribution in [0.2, 0.25) is 0 Å². The molecule has 0 aromatic carbocycles. The van der Waals surface area contributed by atoms with Crippen LogP contribution in [0.4, 0.5) is 0 Å². The van der Waals surface area contributed by atoms with E-state index in [1.165, 1.54) is 5.01 Å². The maximum Gasteiger partial charge on any atom is 0.224 e. The van der Waals surface area contributed by atoms with Gasteiger partial charge in [-0.2, -0.15) is 0 Å². The second kappa shape index (κ2) is 4.78. The summed E-state index contributed by atoms with van der Waals surface area (Å²) < 4.78 is 45.3. The van der Waals surface area contributed by atoms with Crippen LogP contribution in [0.25, 0.3) is 0 Å². The average Bonchev–Trinajstić information content (AvgIpc) is 2.78. The second-order valence-corrected chi connectivity index (χ2v) is 9.26. The summed E-state index contributed by atoms with van der Waals surface area (Å²) in [6.07, 6.45) is 1.39. The van der Waals surface area contributed by atoms with E-state index in [1.54, 1.807) is 0 Å². The molecule has 0 unspecified atom stereocenters. The van der Waals surface area contributed by atoms with Gasteiger partial charge in [0.05, 0.1) is 29.1 Å².